The number of aryl methyl sites for hydroxylation is 1. The van der Waals surface area contributed by atoms with E-state index in [4.69, 9.17) is 0 Å². The van der Waals surface area contributed by atoms with Crippen LogP contribution in [0.25, 0.3) is 10.8 Å². The van der Waals surface area contributed by atoms with Gasteiger partial charge in [0.15, 0.2) is 0 Å². The van der Waals surface area contributed by atoms with Crippen molar-refractivity contribution in [2.45, 2.75) is 26.3 Å². The lowest BCUT2D eigenvalue weighted by Gasteiger charge is -2.41. The molecule has 1 saturated heterocycles. The van der Waals surface area contributed by atoms with E-state index in [2.05, 4.69) is 75.3 Å². The predicted octanol–water partition coefficient (Wildman–Crippen LogP) is 5.80. The van der Waals surface area contributed by atoms with Gasteiger partial charge in [-0.05, 0) is 55.2 Å². The molecular formula is C23H22BrN3. The molecule has 0 saturated carbocycles. The van der Waals surface area contributed by atoms with Crippen molar-refractivity contribution in [1.29, 1.82) is 5.26 Å². The number of hydrogen-bond donors (Lipinski definition) is 0. The zero-order valence-electron chi connectivity index (χ0n) is 15.5. The van der Waals surface area contributed by atoms with Crippen molar-refractivity contribution in [2.24, 2.45) is 0 Å². The molecule has 0 N–H and O–H groups in total. The number of anilines is 1. The van der Waals surface area contributed by atoms with Crippen LogP contribution in [0.4, 0.5) is 5.69 Å². The number of hydrazine groups is 1. The summed E-state index contributed by atoms with van der Waals surface area (Å²) in [7, 11) is 0. The fourth-order valence-electron chi connectivity index (χ4n) is 3.98. The van der Waals surface area contributed by atoms with Crippen LogP contribution in [0.3, 0.4) is 0 Å². The molecule has 3 aromatic rings. The second-order valence-electron chi connectivity index (χ2n) is 7.14. The molecule has 1 fully saturated rings. The van der Waals surface area contributed by atoms with Gasteiger partial charge < -0.3 is 5.01 Å². The van der Waals surface area contributed by atoms with Gasteiger partial charge in [0, 0.05) is 34.9 Å². The molecule has 0 unspecified atom stereocenters. The molecule has 136 valence electrons. The van der Waals surface area contributed by atoms with E-state index in [1.54, 1.807) is 0 Å². The molecule has 0 spiro atoms. The zero-order valence-corrected chi connectivity index (χ0v) is 17.0. The highest BCUT2D eigenvalue weighted by molar-refractivity contribution is 9.10. The third kappa shape index (κ3) is 3.71. The van der Waals surface area contributed by atoms with E-state index in [9.17, 15) is 5.26 Å². The lowest BCUT2D eigenvalue weighted by molar-refractivity contribution is 0.205. The Morgan fingerprint density at radius 1 is 1.00 bits per heavy atom. The molecule has 27 heavy (non-hydrogen) atoms. The Morgan fingerprint density at radius 2 is 1.78 bits per heavy atom. The maximum atomic E-state index is 9.46. The van der Waals surface area contributed by atoms with Crippen LogP contribution in [0.1, 0.15) is 29.5 Å². The lowest BCUT2D eigenvalue weighted by Crippen LogP contribution is -2.47. The Balaban J connectivity index is 1.73. The Hall–Kier alpha value is -2.35. The first kappa shape index (κ1) is 18.0. The van der Waals surface area contributed by atoms with E-state index in [0.717, 1.165) is 40.4 Å². The van der Waals surface area contributed by atoms with Crippen LogP contribution in [-0.2, 0) is 6.54 Å². The Labute approximate surface area is 168 Å². The van der Waals surface area contributed by atoms with E-state index >= 15 is 0 Å². The molecule has 0 aliphatic carbocycles. The molecule has 0 aromatic heterocycles. The minimum atomic E-state index is 0.737. The Morgan fingerprint density at radius 3 is 2.56 bits per heavy atom. The van der Waals surface area contributed by atoms with Gasteiger partial charge >= 0.3 is 0 Å². The summed E-state index contributed by atoms with van der Waals surface area (Å²) in [6, 6.07) is 21.2. The highest BCUT2D eigenvalue weighted by Gasteiger charge is 2.22. The van der Waals surface area contributed by atoms with E-state index in [0.29, 0.717) is 0 Å². The molecule has 0 radical (unpaired) electrons. The quantitative estimate of drug-likeness (QED) is 0.537. The number of nitriles is 1. The SMILES string of the molecule is Cc1cc(Br)cc(CN2CCCCN2c2ccc(C#N)c3ccccc23)c1. The van der Waals surface area contributed by atoms with Crippen LogP contribution in [0.5, 0.6) is 0 Å². The number of halogens is 1. The van der Waals surface area contributed by atoms with Crippen molar-refractivity contribution in [1.82, 2.24) is 5.01 Å². The maximum Gasteiger partial charge on any atom is 0.0998 e. The number of rotatable bonds is 3. The molecule has 3 aromatic carbocycles. The largest absolute Gasteiger partial charge is 0.305 e. The van der Waals surface area contributed by atoms with Crippen LogP contribution >= 0.6 is 15.9 Å². The van der Waals surface area contributed by atoms with Gasteiger partial charge in [-0.15, -0.1) is 0 Å². The summed E-state index contributed by atoms with van der Waals surface area (Å²) in [5.74, 6) is 0. The molecular weight excluding hydrogens is 398 g/mol. The monoisotopic (exact) mass is 419 g/mol. The molecule has 4 rings (SSSR count). The number of nitrogens with zero attached hydrogens (tertiary/aromatic N) is 3. The Kier molecular flexibility index (Phi) is 5.15. The molecule has 4 heteroatoms. The number of benzene rings is 3. The highest BCUT2D eigenvalue weighted by atomic mass is 79.9. The average Bonchev–Trinajstić information content (AvgIpc) is 2.67. The van der Waals surface area contributed by atoms with E-state index < -0.39 is 0 Å². The van der Waals surface area contributed by atoms with E-state index in [-0.39, 0.29) is 0 Å². The zero-order chi connectivity index (χ0) is 18.8. The van der Waals surface area contributed by atoms with Gasteiger partial charge in [-0.1, -0.05) is 46.3 Å². The van der Waals surface area contributed by atoms with Crippen molar-refractivity contribution in [3.05, 3.63) is 75.8 Å². The number of hydrogen-bond acceptors (Lipinski definition) is 3. The fraction of sp³-hybridized carbons (Fsp3) is 0.261. The molecule has 1 aliphatic heterocycles. The molecule has 0 bridgehead atoms. The van der Waals surface area contributed by atoms with Gasteiger partial charge in [0.2, 0.25) is 0 Å². The summed E-state index contributed by atoms with van der Waals surface area (Å²) in [6.07, 6.45) is 2.39. The normalized spacial score (nSPS) is 15.1. The van der Waals surface area contributed by atoms with Crippen molar-refractivity contribution in [2.75, 3.05) is 18.1 Å². The van der Waals surface area contributed by atoms with Gasteiger partial charge in [-0.3, -0.25) is 0 Å². The van der Waals surface area contributed by atoms with Crippen molar-refractivity contribution < 1.29 is 0 Å². The van der Waals surface area contributed by atoms with Crippen LogP contribution in [-0.4, -0.2) is 18.1 Å². The van der Waals surface area contributed by atoms with Gasteiger partial charge in [0.1, 0.15) is 0 Å². The average molecular weight is 420 g/mol. The molecule has 1 heterocycles. The van der Waals surface area contributed by atoms with Crippen LogP contribution < -0.4 is 5.01 Å². The van der Waals surface area contributed by atoms with Gasteiger partial charge in [-0.2, -0.15) is 5.26 Å². The first-order chi connectivity index (χ1) is 13.2. The summed E-state index contributed by atoms with van der Waals surface area (Å²) in [4.78, 5) is 0. The van der Waals surface area contributed by atoms with Crippen LogP contribution in [0.15, 0.2) is 59.1 Å². The predicted molar refractivity (Wildman–Crippen MR) is 115 cm³/mol. The van der Waals surface area contributed by atoms with Gasteiger partial charge in [0.25, 0.3) is 0 Å². The molecule has 3 nitrogen and oxygen atoms in total. The lowest BCUT2D eigenvalue weighted by atomic mass is 10.0. The van der Waals surface area contributed by atoms with E-state index in [1.165, 1.54) is 29.7 Å². The van der Waals surface area contributed by atoms with Crippen molar-refractivity contribution in [3.8, 4) is 6.07 Å². The second-order valence-corrected chi connectivity index (χ2v) is 8.06. The smallest absolute Gasteiger partial charge is 0.0998 e. The topological polar surface area (TPSA) is 30.3 Å². The van der Waals surface area contributed by atoms with Gasteiger partial charge in [-0.25, -0.2) is 5.01 Å². The maximum absolute atomic E-state index is 9.46. The van der Waals surface area contributed by atoms with Crippen LogP contribution in [0, 0.1) is 18.3 Å². The summed E-state index contributed by atoms with van der Waals surface area (Å²) in [5, 5.41) is 16.5. The molecule has 0 atom stereocenters. The summed E-state index contributed by atoms with van der Waals surface area (Å²) in [5.41, 5.74) is 4.51. The third-order valence-corrected chi connectivity index (χ3v) is 5.60. The standard InChI is InChI=1S/C23H22BrN3/c1-17-12-18(14-20(24)13-17)16-26-10-4-5-11-27(26)23-9-8-19(15-25)21-6-2-3-7-22(21)23/h2-3,6-9,12-14H,4-5,10-11,16H2,1H3. The molecule has 1 aliphatic rings. The van der Waals surface area contributed by atoms with Crippen molar-refractivity contribution >= 4 is 32.4 Å². The fourth-order valence-corrected chi connectivity index (χ4v) is 4.63. The highest BCUT2D eigenvalue weighted by Crippen LogP contribution is 2.32. The summed E-state index contributed by atoms with van der Waals surface area (Å²) < 4.78 is 1.13. The molecule has 0 amide bonds. The third-order valence-electron chi connectivity index (χ3n) is 5.14. The first-order valence-corrected chi connectivity index (χ1v) is 10.2. The van der Waals surface area contributed by atoms with Gasteiger partial charge in [0.05, 0.1) is 17.3 Å². The summed E-state index contributed by atoms with van der Waals surface area (Å²) in [6.45, 7) is 5.06. The Bertz CT molecular complexity index is 1000. The second kappa shape index (κ2) is 7.72. The number of fused-ring (bicyclic) bond motifs is 1. The van der Waals surface area contributed by atoms with Crippen molar-refractivity contribution in [3.63, 3.8) is 0 Å². The minimum absolute atomic E-state index is 0.737. The summed E-state index contributed by atoms with van der Waals surface area (Å²) >= 11 is 3.62. The van der Waals surface area contributed by atoms with Crippen LogP contribution in [0.2, 0.25) is 0 Å². The van der Waals surface area contributed by atoms with E-state index in [1.807, 2.05) is 18.2 Å². The minimum Gasteiger partial charge on any atom is -0.305 e. The first-order valence-electron chi connectivity index (χ1n) is 9.36.